The van der Waals surface area contributed by atoms with Crippen LogP contribution in [0.5, 0.6) is 11.5 Å². The number of halogens is 1. The SMILES string of the molecule is O=C(OCc1ccc([N+](=O)[O-])cc1)c1cc(Cl)c2c(c1)OCCO2. The lowest BCUT2D eigenvalue weighted by atomic mass is 10.2. The summed E-state index contributed by atoms with van der Waals surface area (Å²) in [5.74, 6) is 0.234. The van der Waals surface area contributed by atoms with Gasteiger partial charge < -0.3 is 14.2 Å². The Morgan fingerprint density at radius 1 is 1.21 bits per heavy atom. The van der Waals surface area contributed by atoms with Crippen molar-refractivity contribution >= 4 is 23.3 Å². The number of esters is 1. The van der Waals surface area contributed by atoms with Crippen molar-refractivity contribution in [2.75, 3.05) is 13.2 Å². The number of carbonyl (C=O) groups excluding carboxylic acids is 1. The molecule has 0 aromatic heterocycles. The normalized spacial score (nSPS) is 12.5. The van der Waals surface area contributed by atoms with E-state index in [4.69, 9.17) is 25.8 Å². The van der Waals surface area contributed by atoms with Crippen molar-refractivity contribution < 1.29 is 23.9 Å². The van der Waals surface area contributed by atoms with E-state index in [1.54, 1.807) is 0 Å². The largest absolute Gasteiger partial charge is 0.486 e. The van der Waals surface area contributed by atoms with Gasteiger partial charge in [0.2, 0.25) is 0 Å². The molecule has 7 nitrogen and oxygen atoms in total. The third-order valence-electron chi connectivity index (χ3n) is 3.35. The van der Waals surface area contributed by atoms with E-state index in [0.717, 1.165) is 0 Å². The van der Waals surface area contributed by atoms with Crippen molar-refractivity contribution in [3.63, 3.8) is 0 Å². The highest BCUT2D eigenvalue weighted by molar-refractivity contribution is 6.32. The molecule has 0 atom stereocenters. The average molecular weight is 350 g/mol. The van der Waals surface area contributed by atoms with Crippen LogP contribution >= 0.6 is 11.6 Å². The lowest BCUT2D eigenvalue weighted by molar-refractivity contribution is -0.384. The maximum absolute atomic E-state index is 12.1. The Kier molecular flexibility index (Phi) is 4.52. The number of ether oxygens (including phenoxy) is 3. The van der Waals surface area contributed by atoms with Gasteiger partial charge in [-0.2, -0.15) is 0 Å². The Hall–Kier alpha value is -2.80. The van der Waals surface area contributed by atoms with Crippen molar-refractivity contribution in [2.24, 2.45) is 0 Å². The Balaban J connectivity index is 1.69. The smallest absolute Gasteiger partial charge is 0.338 e. The number of carbonyl (C=O) groups is 1. The molecule has 3 rings (SSSR count). The number of non-ortho nitro benzene ring substituents is 1. The van der Waals surface area contributed by atoms with Crippen LogP contribution in [0.4, 0.5) is 5.69 Å². The first-order valence-electron chi connectivity index (χ1n) is 7.04. The highest BCUT2D eigenvalue weighted by Crippen LogP contribution is 2.38. The molecule has 0 fully saturated rings. The van der Waals surface area contributed by atoms with E-state index in [1.807, 2.05) is 0 Å². The van der Waals surface area contributed by atoms with Crippen LogP contribution in [0.25, 0.3) is 0 Å². The Bertz CT molecular complexity index is 790. The van der Waals surface area contributed by atoms with Gasteiger partial charge in [0.05, 0.1) is 15.5 Å². The fraction of sp³-hybridized carbons (Fsp3) is 0.188. The fourth-order valence-electron chi connectivity index (χ4n) is 2.17. The van der Waals surface area contributed by atoms with E-state index in [-0.39, 0.29) is 22.9 Å². The molecule has 1 aliphatic heterocycles. The number of hydrogen-bond donors (Lipinski definition) is 0. The minimum atomic E-state index is -0.577. The second-order valence-electron chi connectivity index (χ2n) is 4.98. The van der Waals surface area contributed by atoms with Crippen molar-refractivity contribution in [1.29, 1.82) is 0 Å². The van der Waals surface area contributed by atoms with Crippen LogP contribution in [0.3, 0.4) is 0 Å². The molecule has 1 heterocycles. The lowest BCUT2D eigenvalue weighted by Gasteiger charge is -2.20. The second kappa shape index (κ2) is 6.76. The molecule has 0 saturated carbocycles. The fourth-order valence-corrected chi connectivity index (χ4v) is 2.44. The monoisotopic (exact) mass is 349 g/mol. The van der Waals surface area contributed by atoms with Crippen LogP contribution in [-0.4, -0.2) is 24.1 Å². The third kappa shape index (κ3) is 3.41. The summed E-state index contributed by atoms with van der Waals surface area (Å²) in [7, 11) is 0. The molecule has 0 aliphatic carbocycles. The summed E-state index contributed by atoms with van der Waals surface area (Å²) in [5.41, 5.74) is 0.854. The predicted molar refractivity (Wildman–Crippen MR) is 84.7 cm³/mol. The number of nitro benzene ring substituents is 1. The first-order chi connectivity index (χ1) is 11.5. The zero-order chi connectivity index (χ0) is 17.1. The summed E-state index contributed by atoms with van der Waals surface area (Å²) >= 11 is 6.08. The van der Waals surface area contributed by atoms with Crippen LogP contribution in [-0.2, 0) is 11.3 Å². The van der Waals surface area contributed by atoms with Crippen LogP contribution in [0.2, 0.25) is 5.02 Å². The third-order valence-corrected chi connectivity index (χ3v) is 3.63. The molecule has 0 saturated heterocycles. The van der Waals surface area contributed by atoms with Gasteiger partial charge in [-0.25, -0.2) is 4.79 Å². The predicted octanol–water partition coefficient (Wildman–Crippen LogP) is 3.38. The summed E-state index contributed by atoms with van der Waals surface area (Å²) in [4.78, 5) is 22.3. The zero-order valence-electron chi connectivity index (χ0n) is 12.4. The van der Waals surface area contributed by atoms with E-state index in [1.165, 1.54) is 36.4 Å². The number of benzene rings is 2. The van der Waals surface area contributed by atoms with Crippen LogP contribution < -0.4 is 9.47 Å². The summed E-state index contributed by atoms with van der Waals surface area (Å²) in [6.45, 7) is 0.768. The molecule has 0 spiro atoms. The molecule has 24 heavy (non-hydrogen) atoms. The highest BCUT2D eigenvalue weighted by atomic mass is 35.5. The Labute approximate surface area is 141 Å². The highest BCUT2D eigenvalue weighted by Gasteiger charge is 2.20. The van der Waals surface area contributed by atoms with Crippen molar-refractivity contribution in [2.45, 2.75) is 6.61 Å². The van der Waals surface area contributed by atoms with Crippen LogP contribution in [0, 0.1) is 10.1 Å². The molecular weight excluding hydrogens is 338 g/mol. The zero-order valence-corrected chi connectivity index (χ0v) is 13.1. The topological polar surface area (TPSA) is 87.9 Å². The van der Waals surface area contributed by atoms with Gasteiger partial charge in [-0.1, -0.05) is 11.6 Å². The number of fused-ring (bicyclic) bond motifs is 1. The number of nitro groups is 1. The Morgan fingerprint density at radius 2 is 1.92 bits per heavy atom. The molecule has 0 amide bonds. The quantitative estimate of drug-likeness (QED) is 0.477. The molecular formula is C16H12ClNO6. The number of hydrogen-bond acceptors (Lipinski definition) is 6. The summed E-state index contributed by atoms with van der Waals surface area (Å²) in [6, 6.07) is 8.73. The van der Waals surface area contributed by atoms with Gasteiger partial charge in [-0.05, 0) is 29.8 Å². The molecule has 0 unspecified atom stereocenters. The summed E-state index contributed by atoms with van der Waals surface area (Å²) in [6.07, 6.45) is 0. The van der Waals surface area contributed by atoms with Crippen LogP contribution in [0.15, 0.2) is 36.4 Å². The molecule has 2 aromatic rings. The first-order valence-corrected chi connectivity index (χ1v) is 7.42. The lowest BCUT2D eigenvalue weighted by Crippen LogP contribution is -2.16. The second-order valence-corrected chi connectivity index (χ2v) is 5.39. The van der Waals surface area contributed by atoms with Gasteiger partial charge in [-0.15, -0.1) is 0 Å². The first kappa shape index (κ1) is 16.1. The van der Waals surface area contributed by atoms with E-state index >= 15 is 0 Å². The van der Waals surface area contributed by atoms with Gasteiger partial charge in [0.25, 0.3) is 5.69 Å². The molecule has 124 valence electrons. The van der Waals surface area contributed by atoms with Gasteiger partial charge in [0.15, 0.2) is 11.5 Å². The van der Waals surface area contributed by atoms with E-state index < -0.39 is 10.9 Å². The summed E-state index contributed by atoms with van der Waals surface area (Å²) in [5, 5.41) is 10.9. The van der Waals surface area contributed by atoms with Gasteiger partial charge >= 0.3 is 5.97 Å². The van der Waals surface area contributed by atoms with Crippen molar-refractivity contribution in [3.05, 3.63) is 62.7 Å². The van der Waals surface area contributed by atoms with Crippen molar-refractivity contribution in [1.82, 2.24) is 0 Å². The molecule has 2 aromatic carbocycles. The van der Waals surface area contributed by atoms with E-state index in [9.17, 15) is 14.9 Å². The minimum absolute atomic E-state index is 0.0110. The van der Waals surface area contributed by atoms with Gasteiger partial charge in [-0.3, -0.25) is 10.1 Å². The van der Waals surface area contributed by atoms with E-state index in [2.05, 4.69) is 0 Å². The standard InChI is InChI=1S/C16H12ClNO6/c17-13-7-11(8-14-15(13)23-6-5-22-14)16(19)24-9-10-1-3-12(4-2-10)18(20)21/h1-4,7-8H,5-6,9H2. The van der Waals surface area contributed by atoms with Gasteiger partial charge in [0, 0.05) is 12.1 Å². The maximum atomic E-state index is 12.1. The maximum Gasteiger partial charge on any atom is 0.338 e. The minimum Gasteiger partial charge on any atom is -0.486 e. The average Bonchev–Trinajstić information content (AvgIpc) is 2.60. The molecule has 0 radical (unpaired) electrons. The molecule has 8 heteroatoms. The van der Waals surface area contributed by atoms with Crippen LogP contribution in [0.1, 0.15) is 15.9 Å². The molecule has 0 N–H and O–H groups in total. The molecule has 1 aliphatic rings. The number of nitrogens with zero attached hydrogens (tertiary/aromatic N) is 1. The van der Waals surface area contributed by atoms with Crippen molar-refractivity contribution in [3.8, 4) is 11.5 Å². The summed E-state index contributed by atoms with van der Waals surface area (Å²) < 4.78 is 16.0. The molecule has 0 bridgehead atoms. The van der Waals surface area contributed by atoms with Gasteiger partial charge in [0.1, 0.15) is 19.8 Å². The number of rotatable bonds is 4. The Morgan fingerprint density at radius 3 is 2.62 bits per heavy atom. The van der Waals surface area contributed by atoms with E-state index in [0.29, 0.717) is 30.3 Å².